The van der Waals surface area contributed by atoms with E-state index in [0.717, 1.165) is 23.4 Å². The van der Waals surface area contributed by atoms with Crippen LogP contribution in [-0.4, -0.2) is 47.2 Å². The van der Waals surface area contributed by atoms with Crippen LogP contribution in [0.2, 0.25) is 0 Å². The number of nitrogens with one attached hydrogen (secondary N) is 1. The van der Waals surface area contributed by atoms with Crippen LogP contribution in [0.1, 0.15) is 56.1 Å². The fourth-order valence-electron chi connectivity index (χ4n) is 6.08. The average molecular weight is 696 g/mol. The largest absolute Gasteiger partial charge is 0.527 e. The normalized spacial score (nSPS) is 18.6. The molecule has 48 heavy (non-hydrogen) atoms. The second kappa shape index (κ2) is 17.0. The van der Waals surface area contributed by atoms with Gasteiger partial charge in [0.2, 0.25) is 5.91 Å². The van der Waals surface area contributed by atoms with E-state index in [-0.39, 0.29) is 24.7 Å². The molecule has 2 aliphatic rings. The molecule has 11 nitrogen and oxygen atoms in total. The molecule has 3 aromatic carbocycles. The van der Waals surface area contributed by atoms with Crippen molar-refractivity contribution in [3.05, 3.63) is 90.0 Å². The lowest BCUT2D eigenvalue weighted by Crippen LogP contribution is -2.53. The molecule has 1 aliphatic carbocycles. The number of nitrogens with two attached hydrogens (primary N) is 1. The minimum atomic E-state index is -4.42. The number of carbonyl (C=O) groups excluding carboxylic acids is 3. The van der Waals surface area contributed by atoms with Crippen LogP contribution < -0.4 is 20.5 Å². The summed E-state index contributed by atoms with van der Waals surface area (Å²) in [5.74, 6) is 0.194. The van der Waals surface area contributed by atoms with Crippen LogP contribution in [0.4, 0.5) is 10.5 Å². The van der Waals surface area contributed by atoms with Gasteiger partial charge in [0.05, 0.1) is 12.3 Å². The summed E-state index contributed by atoms with van der Waals surface area (Å²) in [4.78, 5) is 52.1. The summed E-state index contributed by atoms with van der Waals surface area (Å²) < 4.78 is 27.9. The van der Waals surface area contributed by atoms with Crippen LogP contribution >= 0.6 is 19.6 Å². The number of benzene rings is 3. The standard InChI is InChI=1S/C35H42N3O8PS/c36-35(41)45-31(22-26-17-19-28(20-18-26)46-47(42,43)44-23-27-12-5-2-6-13-27)33(39)37-29-24-48-32-16-8-7-15-30(32)38(34(29)40)21-9-14-25-10-3-1-4-11-25/h2,5-8,12-13,15-20,25,29,31H,1,3-4,9-11,14,21-24H2,(H2,36,41)(H,37,39)(H,42,43)/t29-,31-/m1/s1. The Labute approximate surface area is 285 Å². The number of hydrogen-bond donors (Lipinski definition) is 3. The van der Waals surface area contributed by atoms with Crippen molar-refractivity contribution in [3.63, 3.8) is 0 Å². The third-order valence-corrected chi connectivity index (χ3v) is 10.6. The highest BCUT2D eigenvalue weighted by atomic mass is 32.2. The van der Waals surface area contributed by atoms with Crippen LogP contribution in [0.3, 0.4) is 0 Å². The third kappa shape index (κ3) is 10.3. The number of amides is 3. The highest BCUT2D eigenvalue weighted by Gasteiger charge is 2.34. The molecule has 1 heterocycles. The molecule has 0 radical (unpaired) electrons. The maximum Gasteiger partial charge on any atom is 0.527 e. The lowest BCUT2D eigenvalue weighted by Gasteiger charge is -2.28. The van der Waals surface area contributed by atoms with E-state index in [9.17, 15) is 23.8 Å². The summed E-state index contributed by atoms with van der Waals surface area (Å²) in [5.41, 5.74) is 7.41. The maximum atomic E-state index is 13.9. The Hall–Kier alpha value is -3.83. The van der Waals surface area contributed by atoms with Gasteiger partial charge in [-0.15, -0.1) is 11.8 Å². The number of hydrogen-bond acceptors (Lipinski definition) is 8. The highest BCUT2D eigenvalue weighted by Crippen LogP contribution is 2.44. The first-order chi connectivity index (χ1) is 23.2. The van der Waals surface area contributed by atoms with E-state index < -0.39 is 32.0 Å². The van der Waals surface area contributed by atoms with Crippen LogP contribution in [0.5, 0.6) is 5.75 Å². The minimum absolute atomic E-state index is 0.0598. The van der Waals surface area contributed by atoms with Gasteiger partial charge in [-0.25, -0.2) is 9.36 Å². The van der Waals surface area contributed by atoms with E-state index in [4.69, 9.17) is 19.5 Å². The SMILES string of the molecule is NC(=O)O[C@H](Cc1ccc(OP(=O)(O)OCc2ccccc2)cc1)C(=O)N[C@@H]1CSc2ccccc2N(CCCC2CCCCC2)C1=O. The van der Waals surface area contributed by atoms with Crippen molar-refractivity contribution >= 4 is 43.2 Å². The number of phosphoric ester groups is 1. The first-order valence-electron chi connectivity index (χ1n) is 16.3. The van der Waals surface area contributed by atoms with Gasteiger partial charge in [-0.3, -0.25) is 19.0 Å². The fourth-order valence-corrected chi connectivity index (χ4v) is 7.91. The number of anilines is 1. The Morgan fingerprint density at radius 3 is 2.42 bits per heavy atom. The molecule has 0 bridgehead atoms. The van der Waals surface area contributed by atoms with Crippen molar-refractivity contribution < 1.29 is 37.6 Å². The Morgan fingerprint density at radius 2 is 1.69 bits per heavy atom. The second-order valence-electron chi connectivity index (χ2n) is 12.1. The molecule has 0 spiro atoms. The van der Waals surface area contributed by atoms with Crippen molar-refractivity contribution in [3.8, 4) is 5.75 Å². The van der Waals surface area contributed by atoms with Gasteiger partial charge >= 0.3 is 13.9 Å². The summed E-state index contributed by atoms with van der Waals surface area (Å²) in [7, 11) is -4.42. The Kier molecular flexibility index (Phi) is 12.6. The molecule has 256 valence electrons. The van der Waals surface area contributed by atoms with E-state index in [0.29, 0.717) is 29.3 Å². The zero-order valence-electron chi connectivity index (χ0n) is 26.7. The number of para-hydroxylation sites is 1. The summed E-state index contributed by atoms with van der Waals surface area (Å²) in [6.07, 6.45) is 5.72. The third-order valence-electron chi connectivity index (χ3n) is 8.51. The molecule has 3 atom stereocenters. The van der Waals surface area contributed by atoms with E-state index >= 15 is 0 Å². The van der Waals surface area contributed by atoms with Gasteiger partial charge in [0, 0.05) is 23.6 Å². The zero-order chi connectivity index (χ0) is 33.9. The van der Waals surface area contributed by atoms with Gasteiger partial charge in [-0.1, -0.05) is 86.7 Å². The number of primary amides is 1. The van der Waals surface area contributed by atoms with Gasteiger partial charge in [0.15, 0.2) is 6.10 Å². The van der Waals surface area contributed by atoms with Gasteiger partial charge in [0.25, 0.3) is 5.91 Å². The lowest BCUT2D eigenvalue weighted by atomic mass is 9.86. The summed E-state index contributed by atoms with van der Waals surface area (Å²) in [6, 6.07) is 21.8. The fraction of sp³-hybridized carbons (Fsp3) is 0.400. The molecule has 4 N–H and O–H groups in total. The van der Waals surface area contributed by atoms with Crippen LogP contribution in [0, 0.1) is 5.92 Å². The molecule has 0 aromatic heterocycles. The van der Waals surface area contributed by atoms with Crippen LogP contribution in [-0.2, 0) is 36.4 Å². The molecule has 1 fully saturated rings. The number of thioether (sulfide) groups is 1. The molecule has 3 amide bonds. The lowest BCUT2D eigenvalue weighted by molar-refractivity contribution is -0.132. The van der Waals surface area contributed by atoms with E-state index in [1.54, 1.807) is 41.3 Å². The van der Waals surface area contributed by atoms with Gasteiger partial charge in [-0.05, 0) is 54.2 Å². The number of ether oxygens (including phenoxy) is 1. The van der Waals surface area contributed by atoms with Crippen molar-refractivity contribution in [2.75, 3.05) is 17.2 Å². The summed E-state index contributed by atoms with van der Waals surface area (Å²) in [6.45, 7) is 0.438. The molecule has 5 rings (SSSR count). The molecule has 0 saturated heterocycles. The number of nitrogens with zero attached hydrogens (tertiary/aromatic N) is 1. The Morgan fingerprint density at radius 1 is 0.979 bits per heavy atom. The number of carbonyl (C=O) groups is 3. The first-order valence-corrected chi connectivity index (χ1v) is 18.7. The first kappa shape index (κ1) is 35.5. The molecule has 1 aliphatic heterocycles. The summed E-state index contributed by atoms with van der Waals surface area (Å²) >= 11 is 1.49. The second-order valence-corrected chi connectivity index (χ2v) is 14.5. The topological polar surface area (TPSA) is 157 Å². The molecule has 3 aromatic rings. The van der Waals surface area contributed by atoms with Crippen molar-refractivity contribution in [2.45, 2.75) is 75.0 Å². The minimum Gasteiger partial charge on any atom is -0.436 e. The average Bonchev–Trinajstić information content (AvgIpc) is 3.21. The molecule has 1 unspecified atom stereocenters. The van der Waals surface area contributed by atoms with Gasteiger partial charge in [-0.2, -0.15) is 0 Å². The van der Waals surface area contributed by atoms with E-state index in [2.05, 4.69) is 5.32 Å². The Balaban J connectivity index is 1.21. The molecule has 13 heteroatoms. The smallest absolute Gasteiger partial charge is 0.436 e. The van der Waals surface area contributed by atoms with Gasteiger partial charge in [0.1, 0.15) is 11.8 Å². The monoisotopic (exact) mass is 695 g/mol. The maximum absolute atomic E-state index is 13.9. The zero-order valence-corrected chi connectivity index (χ0v) is 28.4. The number of fused-ring (bicyclic) bond motifs is 1. The summed E-state index contributed by atoms with van der Waals surface area (Å²) in [5, 5.41) is 2.81. The number of phosphoric acid groups is 1. The van der Waals surface area contributed by atoms with Crippen molar-refractivity contribution in [1.82, 2.24) is 5.32 Å². The molecular weight excluding hydrogens is 653 g/mol. The van der Waals surface area contributed by atoms with E-state index in [1.807, 2.05) is 30.3 Å². The van der Waals surface area contributed by atoms with Crippen LogP contribution in [0.25, 0.3) is 0 Å². The van der Waals surface area contributed by atoms with Crippen molar-refractivity contribution in [2.24, 2.45) is 11.7 Å². The quantitative estimate of drug-likeness (QED) is 0.163. The van der Waals surface area contributed by atoms with E-state index in [1.165, 1.54) is 56.0 Å². The van der Waals surface area contributed by atoms with Crippen LogP contribution in [0.15, 0.2) is 83.8 Å². The highest BCUT2D eigenvalue weighted by molar-refractivity contribution is 7.99. The molecule has 1 saturated carbocycles. The number of rotatable bonds is 14. The predicted octanol–water partition coefficient (Wildman–Crippen LogP) is 6.37. The van der Waals surface area contributed by atoms with Crippen molar-refractivity contribution in [1.29, 1.82) is 0 Å². The predicted molar refractivity (Wildman–Crippen MR) is 184 cm³/mol. The van der Waals surface area contributed by atoms with Gasteiger partial charge < -0.3 is 25.2 Å². The Bertz CT molecular complexity index is 1590. The molecular formula is C35H42N3O8PS.